The second-order valence-corrected chi connectivity index (χ2v) is 6.15. The average molecular weight is 301 g/mol. The molecule has 0 bridgehead atoms. The Morgan fingerprint density at radius 1 is 1.19 bits per heavy atom. The first-order valence-corrected chi connectivity index (χ1v) is 7.66. The highest BCUT2D eigenvalue weighted by atomic mass is 32.1. The maximum absolute atomic E-state index is 12.2. The third-order valence-electron chi connectivity index (χ3n) is 3.69. The molecule has 0 fully saturated rings. The van der Waals surface area contributed by atoms with Gasteiger partial charge in [-0.15, -0.1) is 11.3 Å². The van der Waals surface area contributed by atoms with Crippen LogP contribution in [0.4, 0.5) is 0 Å². The van der Waals surface area contributed by atoms with Crippen molar-refractivity contribution in [1.82, 2.24) is 4.90 Å². The molecule has 3 rings (SSSR count). The second-order valence-electron chi connectivity index (χ2n) is 5.12. The summed E-state index contributed by atoms with van der Waals surface area (Å²) in [6.45, 7) is 1.10. The molecule has 4 nitrogen and oxygen atoms in total. The van der Waals surface area contributed by atoms with Gasteiger partial charge < -0.3 is 10.0 Å². The Kier molecular flexibility index (Phi) is 3.75. The number of hydrogen-bond donors (Lipinski definition) is 1. The molecule has 1 aliphatic rings. The summed E-state index contributed by atoms with van der Waals surface area (Å²) in [5, 5.41) is 11.0. The van der Waals surface area contributed by atoms with Gasteiger partial charge in [0, 0.05) is 24.4 Å². The van der Waals surface area contributed by atoms with E-state index in [0.29, 0.717) is 19.5 Å². The summed E-state index contributed by atoms with van der Waals surface area (Å²) in [5.74, 6) is -0.809. The summed E-state index contributed by atoms with van der Waals surface area (Å²) < 4.78 is 0. The summed E-state index contributed by atoms with van der Waals surface area (Å²) >= 11 is 1.66. The predicted molar refractivity (Wildman–Crippen MR) is 80.3 cm³/mol. The predicted octanol–water partition coefficient (Wildman–Crippen LogP) is 2.92. The van der Waals surface area contributed by atoms with Crippen molar-refractivity contribution in [3.63, 3.8) is 0 Å². The van der Waals surface area contributed by atoms with E-state index in [-0.39, 0.29) is 11.5 Å². The number of hydrogen-bond acceptors (Lipinski definition) is 3. The van der Waals surface area contributed by atoms with Gasteiger partial charge in [0.1, 0.15) is 0 Å². The Morgan fingerprint density at radius 2 is 2.00 bits per heavy atom. The van der Waals surface area contributed by atoms with E-state index in [1.165, 1.54) is 4.88 Å². The van der Waals surface area contributed by atoms with Crippen molar-refractivity contribution < 1.29 is 14.7 Å². The molecular formula is C16H15NO3S. The topological polar surface area (TPSA) is 57.6 Å². The molecular weight excluding hydrogens is 286 g/mol. The largest absolute Gasteiger partial charge is 0.478 e. The summed E-state index contributed by atoms with van der Waals surface area (Å²) in [5.41, 5.74) is 2.27. The number of nitrogens with zero attached hydrogens (tertiary/aromatic N) is 1. The maximum atomic E-state index is 12.2. The number of thiophene rings is 1. The summed E-state index contributed by atoms with van der Waals surface area (Å²) in [6.07, 6.45) is 1.27. The highest BCUT2D eigenvalue weighted by Crippen LogP contribution is 2.25. The van der Waals surface area contributed by atoms with Crippen molar-refractivity contribution in [1.29, 1.82) is 0 Å². The molecule has 1 aliphatic heterocycles. The minimum absolute atomic E-state index is 0.122. The van der Waals surface area contributed by atoms with Gasteiger partial charge in [0.05, 0.1) is 5.56 Å². The number of amides is 1. The van der Waals surface area contributed by atoms with Crippen molar-refractivity contribution >= 4 is 23.2 Å². The molecule has 0 unspecified atom stereocenters. The maximum Gasteiger partial charge on any atom is 0.335 e. The molecule has 0 spiro atoms. The number of aromatic carboxylic acids is 1. The van der Waals surface area contributed by atoms with E-state index in [0.717, 1.165) is 17.5 Å². The quantitative estimate of drug-likeness (QED) is 0.944. The van der Waals surface area contributed by atoms with E-state index in [1.807, 2.05) is 23.6 Å². The van der Waals surface area contributed by atoms with Gasteiger partial charge in [0.2, 0.25) is 5.91 Å². The average Bonchev–Trinajstić information content (AvgIpc) is 3.12. The summed E-state index contributed by atoms with van der Waals surface area (Å²) in [4.78, 5) is 26.2. The van der Waals surface area contributed by atoms with Crippen LogP contribution in [0.2, 0.25) is 0 Å². The first-order chi connectivity index (χ1) is 10.1. The van der Waals surface area contributed by atoms with Gasteiger partial charge >= 0.3 is 5.97 Å². The zero-order valence-electron chi connectivity index (χ0n) is 11.4. The van der Waals surface area contributed by atoms with Crippen molar-refractivity contribution in [2.75, 3.05) is 0 Å². The molecule has 108 valence electrons. The van der Waals surface area contributed by atoms with Crippen LogP contribution in [0.3, 0.4) is 0 Å². The van der Waals surface area contributed by atoms with Crippen molar-refractivity contribution in [3.8, 4) is 0 Å². The molecule has 0 saturated carbocycles. The molecule has 2 heterocycles. The molecule has 0 aliphatic carbocycles. The van der Waals surface area contributed by atoms with Gasteiger partial charge in [-0.3, -0.25) is 4.79 Å². The van der Waals surface area contributed by atoms with Crippen LogP contribution in [-0.2, 0) is 24.3 Å². The molecule has 0 radical (unpaired) electrons. The van der Waals surface area contributed by atoms with Gasteiger partial charge in [-0.1, -0.05) is 12.1 Å². The van der Waals surface area contributed by atoms with Gasteiger partial charge in [0.15, 0.2) is 0 Å². The normalized spacial score (nSPS) is 13.2. The minimum Gasteiger partial charge on any atom is -0.478 e. The van der Waals surface area contributed by atoms with Crippen LogP contribution in [0, 0.1) is 0 Å². The molecule has 1 amide bonds. The van der Waals surface area contributed by atoms with Crippen LogP contribution in [0.1, 0.15) is 32.8 Å². The number of carboxylic acids is 1. The molecule has 1 N–H and O–H groups in total. The van der Waals surface area contributed by atoms with Gasteiger partial charge in [0.25, 0.3) is 0 Å². The molecule has 0 saturated heterocycles. The SMILES string of the molecule is O=C(O)c1ccc2c(c1)CN(C(=O)CCc1cccs1)C2. The molecule has 21 heavy (non-hydrogen) atoms. The Morgan fingerprint density at radius 3 is 2.71 bits per heavy atom. The van der Waals surface area contributed by atoms with Gasteiger partial charge in [-0.25, -0.2) is 4.79 Å². The lowest BCUT2D eigenvalue weighted by Crippen LogP contribution is -2.25. The Balaban J connectivity index is 1.64. The molecule has 2 aromatic rings. The zero-order valence-corrected chi connectivity index (χ0v) is 12.2. The first-order valence-electron chi connectivity index (χ1n) is 6.79. The van der Waals surface area contributed by atoms with E-state index in [9.17, 15) is 9.59 Å². The van der Waals surface area contributed by atoms with Crippen LogP contribution in [-0.4, -0.2) is 21.9 Å². The smallest absolute Gasteiger partial charge is 0.335 e. The third kappa shape index (κ3) is 2.97. The number of carbonyl (C=O) groups is 2. The van der Waals surface area contributed by atoms with E-state index >= 15 is 0 Å². The lowest BCUT2D eigenvalue weighted by molar-refractivity contribution is -0.131. The Bertz CT molecular complexity index is 679. The molecule has 1 aromatic heterocycles. The standard InChI is InChI=1S/C16H15NO3S/c18-15(6-5-14-2-1-7-21-14)17-9-12-4-3-11(16(19)20)8-13(12)10-17/h1-4,7-8H,5-6,9-10H2,(H,19,20). The fraction of sp³-hybridized carbons (Fsp3) is 0.250. The van der Waals surface area contributed by atoms with Gasteiger partial charge in [-0.05, 0) is 41.1 Å². The molecule has 5 heteroatoms. The van der Waals surface area contributed by atoms with Crippen molar-refractivity contribution in [3.05, 3.63) is 57.3 Å². The van der Waals surface area contributed by atoms with E-state index in [2.05, 4.69) is 0 Å². The fourth-order valence-electron chi connectivity index (χ4n) is 2.55. The van der Waals surface area contributed by atoms with Crippen LogP contribution in [0.15, 0.2) is 35.7 Å². The number of rotatable bonds is 4. The summed E-state index contributed by atoms with van der Waals surface area (Å²) in [7, 11) is 0. The Labute approximate surface area is 126 Å². The van der Waals surface area contributed by atoms with Crippen LogP contribution < -0.4 is 0 Å². The van der Waals surface area contributed by atoms with Crippen LogP contribution in [0.5, 0.6) is 0 Å². The molecule has 1 aromatic carbocycles. The molecule has 0 atom stereocenters. The summed E-state index contributed by atoms with van der Waals surface area (Å²) in [6, 6.07) is 9.11. The first kappa shape index (κ1) is 13.8. The lowest BCUT2D eigenvalue weighted by atomic mass is 10.1. The number of carboxylic acid groups (broad SMARTS) is 1. The zero-order chi connectivity index (χ0) is 14.8. The lowest BCUT2D eigenvalue weighted by Gasteiger charge is -2.14. The minimum atomic E-state index is -0.930. The Hall–Kier alpha value is -2.14. The number of benzene rings is 1. The van der Waals surface area contributed by atoms with E-state index < -0.39 is 5.97 Å². The fourth-order valence-corrected chi connectivity index (χ4v) is 3.26. The van der Waals surface area contributed by atoms with Crippen LogP contribution in [0.25, 0.3) is 0 Å². The number of carbonyl (C=O) groups excluding carboxylic acids is 1. The highest BCUT2D eigenvalue weighted by Gasteiger charge is 2.23. The van der Waals surface area contributed by atoms with Crippen molar-refractivity contribution in [2.24, 2.45) is 0 Å². The van der Waals surface area contributed by atoms with E-state index in [1.54, 1.807) is 28.4 Å². The third-order valence-corrected chi connectivity index (χ3v) is 4.63. The second kappa shape index (κ2) is 5.69. The number of fused-ring (bicyclic) bond motifs is 1. The highest BCUT2D eigenvalue weighted by molar-refractivity contribution is 7.09. The monoisotopic (exact) mass is 301 g/mol. The van der Waals surface area contributed by atoms with Crippen molar-refractivity contribution in [2.45, 2.75) is 25.9 Å². The van der Waals surface area contributed by atoms with Gasteiger partial charge in [-0.2, -0.15) is 0 Å². The van der Waals surface area contributed by atoms with E-state index in [4.69, 9.17) is 5.11 Å². The number of aryl methyl sites for hydroxylation is 1. The van der Waals surface area contributed by atoms with Crippen LogP contribution >= 0.6 is 11.3 Å².